The van der Waals surface area contributed by atoms with Crippen LogP contribution in [-0.2, 0) is 6.54 Å². The van der Waals surface area contributed by atoms with Crippen molar-refractivity contribution in [2.45, 2.75) is 25.3 Å². The van der Waals surface area contributed by atoms with Crippen molar-refractivity contribution in [1.29, 1.82) is 0 Å². The second-order valence-electron chi connectivity index (χ2n) is 5.62. The number of carbonyl (C=O) groups excluding carboxylic acids is 1. The largest absolute Gasteiger partial charge is 0.338 e. The van der Waals surface area contributed by atoms with Crippen molar-refractivity contribution in [3.05, 3.63) is 42.1 Å². The zero-order valence-electron chi connectivity index (χ0n) is 12.4. The summed E-state index contributed by atoms with van der Waals surface area (Å²) in [7, 11) is 0. The van der Waals surface area contributed by atoms with Crippen molar-refractivity contribution in [2.24, 2.45) is 5.92 Å². The van der Waals surface area contributed by atoms with Crippen LogP contribution in [0.4, 0.5) is 19.4 Å². The van der Waals surface area contributed by atoms with E-state index in [1.54, 1.807) is 10.9 Å². The van der Waals surface area contributed by atoms with E-state index in [4.69, 9.17) is 0 Å². The van der Waals surface area contributed by atoms with Gasteiger partial charge in [-0.1, -0.05) is 35.5 Å². The normalized spacial score (nSPS) is 18.4. The minimum absolute atomic E-state index is 0.0793. The Labute approximate surface area is 131 Å². The van der Waals surface area contributed by atoms with E-state index < -0.39 is 17.9 Å². The van der Waals surface area contributed by atoms with Gasteiger partial charge in [-0.2, -0.15) is 0 Å². The molecule has 0 aliphatic heterocycles. The molecule has 8 heteroatoms. The van der Waals surface area contributed by atoms with E-state index in [0.717, 1.165) is 5.56 Å². The summed E-state index contributed by atoms with van der Waals surface area (Å²) in [4.78, 5) is 11.7. The van der Waals surface area contributed by atoms with E-state index in [9.17, 15) is 13.6 Å². The Morgan fingerprint density at radius 1 is 1.35 bits per heavy atom. The number of aromatic nitrogens is 3. The van der Waals surface area contributed by atoms with Crippen LogP contribution in [0.25, 0.3) is 0 Å². The van der Waals surface area contributed by atoms with Crippen LogP contribution in [0.3, 0.4) is 0 Å². The van der Waals surface area contributed by atoms with Crippen LogP contribution in [-0.4, -0.2) is 33.5 Å². The molecule has 2 aromatic rings. The molecule has 23 heavy (non-hydrogen) atoms. The highest BCUT2D eigenvalue weighted by molar-refractivity contribution is 5.87. The van der Waals surface area contributed by atoms with Crippen LogP contribution in [0.2, 0.25) is 0 Å². The molecule has 0 spiro atoms. The molecule has 1 saturated carbocycles. The molecular formula is C15H17F2N5O. The molecule has 2 N–H and O–H groups in total. The SMILES string of the molecule is O=C(NCCC1CC1(F)F)Nc1cn(Cc2ccccc2)nn1. The number of nitrogens with one attached hydrogen (secondary N) is 2. The van der Waals surface area contributed by atoms with E-state index in [0.29, 0.717) is 12.4 Å². The number of benzene rings is 1. The van der Waals surface area contributed by atoms with Crippen LogP contribution < -0.4 is 10.6 Å². The Morgan fingerprint density at radius 3 is 2.78 bits per heavy atom. The average Bonchev–Trinajstić information content (AvgIpc) is 2.91. The topological polar surface area (TPSA) is 71.8 Å². The van der Waals surface area contributed by atoms with E-state index in [1.165, 1.54) is 0 Å². The third-order valence-electron chi connectivity index (χ3n) is 3.70. The van der Waals surface area contributed by atoms with Crippen LogP contribution in [0.1, 0.15) is 18.4 Å². The lowest BCUT2D eigenvalue weighted by Gasteiger charge is -2.04. The van der Waals surface area contributed by atoms with Gasteiger partial charge in [-0.05, 0) is 12.0 Å². The van der Waals surface area contributed by atoms with Crippen molar-refractivity contribution >= 4 is 11.8 Å². The van der Waals surface area contributed by atoms with Gasteiger partial charge in [-0.25, -0.2) is 18.3 Å². The summed E-state index contributed by atoms with van der Waals surface area (Å²) in [6.07, 6.45) is 1.81. The van der Waals surface area contributed by atoms with E-state index >= 15 is 0 Å². The summed E-state index contributed by atoms with van der Waals surface area (Å²) in [5, 5.41) is 12.8. The van der Waals surface area contributed by atoms with Crippen LogP contribution in [0.5, 0.6) is 0 Å². The third kappa shape index (κ3) is 4.24. The molecule has 0 bridgehead atoms. The summed E-state index contributed by atoms with van der Waals surface area (Å²) in [5.41, 5.74) is 1.07. The Kier molecular flexibility index (Phi) is 4.22. The number of alkyl halides is 2. The third-order valence-corrected chi connectivity index (χ3v) is 3.70. The summed E-state index contributed by atoms with van der Waals surface area (Å²) in [5.74, 6) is -2.83. The molecule has 1 aliphatic carbocycles. The minimum Gasteiger partial charge on any atom is -0.338 e. The van der Waals surface area contributed by atoms with Crippen LogP contribution >= 0.6 is 0 Å². The zero-order chi connectivity index (χ0) is 16.3. The number of urea groups is 1. The van der Waals surface area contributed by atoms with E-state index in [1.807, 2.05) is 30.3 Å². The lowest BCUT2D eigenvalue weighted by Crippen LogP contribution is -2.30. The highest BCUT2D eigenvalue weighted by atomic mass is 19.3. The fourth-order valence-corrected chi connectivity index (χ4v) is 2.31. The standard InChI is InChI=1S/C15H17F2N5O/c16-15(17)8-12(15)6-7-18-14(23)19-13-10-22(21-20-13)9-11-4-2-1-3-5-11/h1-5,10,12H,6-9H2,(H2,18,19,23). The fraction of sp³-hybridized carbons (Fsp3) is 0.400. The van der Waals surface area contributed by atoms with Crippen LogP contribution in [0, 0.1) is 5.92 Å². The van der Waals surface area contributed by atoms with Crippen molar-refractivity contribution in [1.82, 2.24) is 20.3 Å². The first-order valence-electron chi connectivity index (χ1n) is 7.40. The van der Waals surface area contributed by atoms with Gasteiger partial charge in [0, 0.05) is 18.9 Å². The maximum Gasteiger partial charge on any atom is 0.320 e. The predicted octanol–water partition coefficient (Wildman–Crippen LogP) is 2.49. The van der Waals surface area contributed by atoms with Gasteiger partial charge < -0.3 is 5.32 Å². The molecule has 2 amide bonds. The molecule has 122 valence electrons. The number of nitrogens with zero attached hydrogens (tertiary/aromatic N) is 3. The molecule has 0 radical (unpaired) electrons. The predicted molar refractivity (Wildman–Crippen MR) is 80.3 cm³/mol. The zero-order valence-corrected chi connectivity index (χ0v) is 12.4. The molecule has 1 aliphatic rings. The number of rotatable bonds is 6. The quantitative estimate of drug-likeness (QED) is 0.858. The maximum atomic E-state index is 12.7. The van der Waals surface area contributed by atoms with Gasteiger partial charge in [0.15, 0.2) is 5.82 Å². The summed E-state index contributed by atoms with van der Waals surface area (Å²) < 4.78 is 27.0. The lowest BCUT2D eigenvalue weighted by molar-refractivity contribution is 0.0971. The van der Waals surface area contributed by atoms with Crippen molar-refractivity contribution < 1.29 is 13.6 Å². The molecule has 1 aromatic heterocycles. The van der Waals surface area contributed by atoms with E-state index in [2.05, 4.69) is 20.9 Å². The number of hydrogen-bond donors (Lipinski definition) is 2. The number of halogens is 2. The van der Waals surface area contributed by atoms with Crippen LogP contribution in [0.15, 0.2) is 36.5 Å². The molecule has 3 rings (SSSR count). The lowest BCUT2D eigenvalue weighted by atomic mass is 10.2. The summed E-state index contributed by atoms with van der Waals surface area (Å²) in [6, 6.07) is 9.26. The first kappa shape index (κ1) is 15.4. The molecule has 1 aromatic carbocycles. The highest BCUT2D eigenvalue weighted by Crippen LogP contribution is 2.50. The molecule has 1 atom stereocenters. The number of anilines is 1. The number of amides is 2. The average molecular weight is 321 g/mol. The van der Waals surface area contributed by atoms with Gasteiger partial charge >= 0.3 is 6.03 Å². The Bertz CT molecular complexity index is 674. The van der Waals surface area contributed by atoms with E-state index in [-0.39, 0.29) is 19.4 Å². The molecular weight excluding hydrogens is 304 g/mol. The van der Waals surface area contributed by atoms with Crippen molar-refractivity contribution in [3.63, 3.8) is 0 Å². The number of carbonyl (C=O) groups is 1. The number of hydrogen-bond acceptors (Lipinski definition) is 3. The molecule has 1 unspecified atom stereocenters. The van der Waals surface area contributed by atoms with Crippen molar-refractivity contribution in [2.75, 3.05) is 11.9 Å². The monoisotopic (exact) mass is 321 g/mol. The summed E-state index contributed by atoms with van der Waals surface area (Å²) >= 11 is 0. The van der Waals surface area contributed by atoms with Crippen molar-refractivity contribution in [3.8, 4) is 0 Å². The Balaban J connectivity index is 1.42. The van der Waals surface area contributed by atoms with Gasteiger partial charge in [0.05, 0.1) is 12.7 Å². The Hall–Kier alpha value is -2.51. The van der Waals surface area contributed by atoms with Gasteiger partial charge in [0.25, 0.3) is 5.92 Å². The molecule has 1 fully saturated rings. The van der Waals surface area contributed by atoms with Gasteiger partial charge in [-0.3, -0.25) is 5.32 Å². The fourth-order valence-electron chi connectivity index (χ4n) is 2.31. The molecule has 6 nitrogen and oxygen atoms in total. The molecule has 1 heterocycles. The smallest absolute Gasteiger partial charge is 0.320 e. The second-order valence-corrected chi connectivity index (χ2v) is 5.62. The van der Waals surface area contributed by atoms with Gasteiger partial charge in [0.1, 0.15) is 0 Å². The maximum absolute atomic E-state index is 12.7. The minimum atomic E-state index is -2.54. The first-order chi connectivity index (χ1) is 11.0. The van der Waals surface area contributed by atoms with Gasteiger partial charge in [0.2, 0.25) is 0 Å². The highest BCUT2D eigenvalue weighted by Gasteiger charge is 2.55. The first-order valence-corrected chi connectivity index (χ1v) is 7.40. The summed E-state index contributed by atoms with van der Waals surface area (Å²) in [6.45, 7) is 0.762. The Morgan fingerprint density at radius 2 is 2.09 bits per heavy atom. The second kappa shape index (κ2) is 6.31. The van der Waals surface area contributed by atoms with Gasteiger partial charge in [-0.15, -0.1) is 5.10 Å². The molecule has 0 saturated heterocycles.